The van der Waals surface area contributed by atoms with E-state index in [9.17, 15) is 0 Å². The van der Waals surface area contributed by atoms with Gasteiger partial charge in [0.2, 0.25) is 0 Å². The third-order valence-electron chi connectivity index (χ3n) is 2.78. The van der Waals surface area contributed by atoms with Gasteiger partial charge in [-0.3, -0.25) is 0 Å². The van der Waals surface area contributed by atoms with Crippen LogP contribution in [0.25, 0.3) is 0 Å². The van der Waals surface area contributed by atoms with Crippen LogP contribution >= 0.6 is 11.6 Å². The fourth-order valence-corrected chi connectivity index (χ4v) is 2.00. The van der Waals surface area contributed by atoms with Crippen LogP contribution in [0.2, 0.25) is 5.02 Å². The smallest absolute Gasteiger partial charge is 0.125 e. The minimum absolute atomic E-state index is 0.372. The van der Waals surface area contributed by atoms with Gasteiger partial charge < -0.3 is 15.0 Å². The number of hydrogen-bond acceptors (Lipinski definition) is 3. The van der Waals surface area contributed by atoms with E-state index in [0.29, 0.717) is 18.2 Å². The summed E-state index contributed by atoms with van der Waals surface area (Å²) >= 11 is 6.06. The Hall–Kier alpha value is -1.52. The summed E-state index contributed by atoms with van der Waals surface area (Å²) in [6.45, 7) is 0.926. The topological polar surface area (TPSA) is 53.1 Å². The molecule has 0 amide bonds. The standard InChI is InChI=1S/C13H16ClN3O/c1-17-7-6-16-13(17)5-8-18-12-4-2-3-11(14)10(12)9-15/h2-4,6-7H,5,8-9,15H2,1H3. The first-order chi connectivity index (χ1) is 8.72. The van der Waals surface area contributed by atoms with Gasteiger partial charge >= 0.3 is 0 Å². The summed E-state index contributed by atoms with van der Waals surface area (Å²) in [6.07, 6.45) is 4.44. The van der Waals surface area contributed by atoms with Crippen molar-refractivity contribution in [1.82, 2.24) is 9.55 Å². The summed E-state index contributed by atoms with van der Waals surface area (Å²) in [5.41, 5.74) is 6.51. The second-order valence-electron chi connectivity index (χ2n) is 3.97. The number of benzene rings is 1. The average molecular weight is 266 g/mol. The molecule has 0 unspecified atom stereocenters. The monoisotopic (exact) mass is 265 g/mol. The number of rotatable bonds is 5. The number of nitrogens with two attached hydrogens (primary N) is 1. The first kappa shape index (κ1) is 12.9. The van der Waals surface area contributed by atoms with E-state index in [-0.39, 0.29) is 0 Å². The van der Waals surface area contributed by atoms with Gasteiger partial charge in [-0.05, 0) is 12.1 Å². The van der Waals surface area contributed by atoms with Gasteiger partial charge in [0.05, 0.1) is 6.61 Å². The van der Waals surface area contributed by atoms with Crippen molar-refractivity contribution in [3.8, 4) is 5.75 Å². The molecule has 1 aromatic heterocycles. The van der Waals surface area contributed by atoms with Crippen LogP contribution in [0.5, 0.6) is 5.75 Å². The van der Waals surface area contributed by atoms with Crippen LogP contribution in [0.3, 0.4) is 0 Å². The third kappa shape index (κ3) is 2.83. The SMILES string of the molecule is Cn1ccnc1CCOc1cccc(Cl)c1CN. The van der Waals surface area contributed by atoms with Crippen LogP contribution in [-0.4, -0.2) is 16.2 Å². The summed E-state index contributed by atoms with van der Waals surface area (Å²) in [5.74, 6) is 1.74. The normalized spacial score (nSPS) is 10.6. The number of imidazole rings is 1. The van der Waals surface area contributed by atoms with Crippen molar-refractivity contribution in [1.29, 1.82) is 0 Å². The highest BCUT2D eigenvalue weighted by molar-refractivity contribution is 6.31. The number of aromatic nitrogens is 2. The van der Waals surface area contributed by atoms with Crippen molar-refractivity contribution in [2.45, 2.75) is 13.0 Å². The van der Waals surface area contributed by atoms with Crippen LogP contribution < -0.4 is 10.5 Å². The number of nitrogens with zero attached hydrogens (tertiary/aromatic N) is 2. The molecule has 2 aromatic rings. The minimum atomic E-state index is 0.372. The molecule has 0 aliphatic carbocycles. The Morgan fingerprint density at radius 1 is 1.44 bits per heavy atom. The third-order valence-corrected chi connectivity index (χ3v) is 3.14. The fraction of sp³-hybridized carbons (Fsp3) is 0.308. The van der Waals surface area contributed by atoms with E-state index in [2.05, 4.69) is 4.98 Å². The molecule has 0 aliphatic rings. The van der Waals surface area contributed by atoms with E-state index in [1.165, 1.54) is 0 Å². The molecule has 18 heavy (non-hydrogen) atoms. The van der Waals surface area contributed by atoms with Gasteiger partial charge in [0, 0.05) is 43.0 Å². The lowest BCUT2D eigenvalue weighted by molar-refractivity contribution is 0.314. The zero-order valence-electron chi connectivity index (χ0n) is 10.3. The van der Waals surface area contributed by atoms with Gasteiger partial charge in [-0.2, -0.15) is 0 Å². The van der Waals surface area contributed by atoms with Crippen molar-refractivity contribution in [2.24, 2.45) is 12.8 Å². The molecule has 96 valence electrons. The molecule has 0 bridgehead atoms. The molecule has 2 rings (SSSR count). The molecule has 0 spiro atoms. The lowest BCUT2D eigenvalue weighted by atomic mass is 10.2. The van der Waals surface area contributed by atoms with E-state index in [0.717, 1.165) is 23.6 Å². The second kappa shape index (κ2) is 5.89. The molecule has 0 atom stereocenters. The Morgan fingerprint density at radius 2 is 2.28 bits per heavy atom. The number of aryl methyl sites for hydroxylation is 1. The molecule has 0 saturated carbocycles. The maximum atomic E-state index is 6.06. The quantitative estimate of drug-likeness (QED) is 0.901. The summed E-state index contributed by atoms with van der Waals surface area (Å²) in [4.78, 5) is 4.24. The van der Waals surface area contributed by atoms with E-state index < -0.39 is 0 Å². The second-order valence-corrected chi connectivity index (χ2v) is 4.38. The molecule has 2 N–H and O–H groups in total. The van der Waals surface area contributed by atoms with Gasteiger partial charge in [0.1, 0.15) is 11.6 Å². The molecule has 0 aliphatic heterocycles. The average Bonchev–Trinajstić information content (AvgIpc) is 2.75. The summed E-state index contributed by atoms with van der Waals surface area (Å²) in [5, 5.41) is 0.645. The molecule has 0 saturated heterocycles. The van der Waals surface area contributed by atoms with Crippen LogP contribution in [0.4, 0.5) is 0 Å². The van der Waals surface area contributed by atoms with Crippen molar-refractivity contribution in [3.05, 3.63) is 47.0 Å². The molecule has 5 heteroatoms. The fourth-order valence-electron chi connectivity index (χ4n) is 1.76. The molecule has 0 radical (unpaired) electrons. The number of hydrogen-bond donors (Lipinski definition) is 1. The van der Waals surface area contributed by atoms with Crippen molar-refractivity contribution >= 4 is 11.6 Å². The Morgan fingerprint density at radius 3 is 2.94 bits per heavy atom. The van der Waals surface area contributed by atoms with Crippen molar-refractivity contribution in [3.63, 3.8) is 0 Å². The summed E-state index contributed by atoms with van der Waals surface area (Å²) in [6, 6.07) is 5.56. The molecule has 1 aromatic carbocycles. The highest BCUT2D eigenvalue weighted by Crippen LogP contribution is 2.25. The Kier molecular flexibility index (Phi) is 4.23. The lowest BCUT2D eigenvalue weighted by Crippen LogP contribution is -2.08. The van der Waals surface area contributed by atoms with Gasteiger partial charge in [-0.15, -0.1) is 0 Å². The summed E-state index contributed by atoms with van der Waals surface area (Å²) < 4.78 is 7.70. The zero-order chi connectivity index (χ0) is 13.0. The highest BCUT2D eigenvalue weighted by atomic mass is 35.5. The Balaban J connectivity index is 1.98. The van der Waals surface area contributed by atoms with Crippen molar-refractivity contribution < 1.29 is 4.74 Å². The van der Waals surface area contributed by atoms with Crippen LogP contribution in [0, 0.1) is 0 Å². The minimum Gasteiger partial charge on any atom is -0.493 e. The predicted molar refractivity (Wildman–Crippen MR) is 71.8 cm³/mol. The Bertz CT molecular complexity index is 525. The van der Waals surface area contributed by atoms with E-state index in [1.807, 2.05) is 36.0 Å². The molecule has 0 fully saturated rings. The van der Waals surface area contributed by atoms with E-state index in [1.54, 1.807) is 6.20 Å². The maximum absolute atomic E-state index is 6.06. The molecular formula is C13H16ClN3O. The first-order valence-corrected chi connectivity index (χ1v) is 6.16. The molecule has 1 heterocycles. The Labute approximate surface area is 111 Å². The van der Waals surface area contributed by atoms with Gasteiger partial charge in [-0.1, -0.05) is 17.7 Å². The van der Waals surface area contributed by atoms with Crippen molar-refractivity contribution in [2.75, 3.05) is 6.61 Å². The zero-order valence-corrected chi connectivity index (χ0v) is 11.0. The predicted octanol–water partition coefficient (Wildman–Crippen LogP) is 2.15. The summed E-state index contributed by atoms with van der Waals surface area (Å²) in [7, 11) is 1.97. The van der Waals surface area contributed by atoms with Crippen LogP contribution in [0.15, 0.2) is 30.6 Å². The van der Waals surface area contributed by atoms with Crippen LogP contribution in [0.1, 0.15) is 11.4 Å². The van der Waals surface area contributed by atoms with Crippen LogP contribution in [-0.2, 0) is 20.0 Å². The van der Waals surface area contributed by atoms with Gasteiger partial charge in [0.25, 0.3) is 0 Å². The largest absolute Gasteiger partial charge is 0.493 e. The maximum Gasteiger partial charge on any atom is 0.125 e. The van der Waals surface area contributed by atoms with E-state index in [4.69, 9.17) is 22.1 Å². The van der Waals surface area contributed by atoms with Gasteiger partial charge in [-0.25, -0.2) is 4.98 Å². The molecule has 4 nitrogen and oxygen atoms in total. The van der Waals surface area contributed by atoms with Gasteiger partial charge in [0.15, 0.2) is 0 Å². The first-order valence-electron chi connectivity index (χ1n) is 5.79. The van der Waals surface area contributed by atoms with E-state index >= 15 is 0 Å². The highest BCUT2D eigenvalue weighted by Gasteiger charge is 2.07. The number of ether oxygens (including phenoxy) is 1. The lowest BCUT2D eigenvalue weighted by Gasteiger charge is -2.11. The molecular weight excluding hydrogens is 250 g/mol. The number of halogens is 1.